The van der Waals surface area contributed by atoms with Crippen molar-refractivity contribution >= 4 is 29.0 Å². The lowest BCUT2D eigenvalue weighted by molar-refractivity contribution is -0.192. The molecule has 2 N–H and O–H groups in total. The van der Waals surface area contributed by atoms with Crippen LogP contribution in [-0.2, 0) is 9.53 Å². The van der Waals surface area contributed by atoms with Gasteiger partial charge in [-0.1, -0.05) is 6.07 Å². The Labute approximate surface area is 187 Å². The topological polar surface area (TPSA) is 91.8 Å². The third-order valence-corrected chi connectivity index (χ3v) is 6.70. The van der Waals surface area contributed by atoms with Gasteiger partial charge in [-0.15, -0.1) is 11.3 Å². The summed E-state index contributed by atoms with van der Waals surface area (Å²) in [5.41, 5.74) is 1.20. The van der Waals surface area contributed by atoms with Gasteiger partial charge in [0, 0.05) is 42.5 Å². The van der Waals surface area contributed by atoms with Gasteiger partial charge in [0.05, 0.1) is 17.6 Å². The summed E-state index contributed by atoms with van der Waals surface area (Å²) in [5, 5.41) is 10.5. The molecule has 2 aromatic heterocycles. The average molecular weight is 472 g/mol. The highest BCUT2D eigenvalue weighted by atomic mass is 32.1. The number of carboxylic acid groups (broad SMARTS) is 1. The zero-order valence-corrected chi connectivity index (χ0v) is 18.4. The number of aryl methyl sites for hydroxylation is 2. The van der Waals surface area contributed by atoms with Crippen molar-refractivity contribution in [2.75, 3.05) is 31.6 Å². The van der Waals surface area contributed by atoms with Crippen LogP contribution in [0.1, 0.15) is 20.1 Å². The Morgan fingerprint density at radius 2 is 2.03 bits per heavy atom. The molecule has 2 aromatic rings. The number of carboxylic acids is 1. The second-order valence-electron chi connectivity index (χ2n) is 7.75. The Kier molecular flexibility index (Phi) is 7.40. The second-order valence-corrected chi connectivity index (χ2v) is 9.01. The molecule has 0 aromatic carbocycles. The first-order valence-corrected chi connectivity index (χ1v) is 10.8. The van der Waals surface area contributed by atoms with Gasteiger partial charge < -0.3 is 20.1 Å². The van der Waals surface area contributed by atoms with Gasteiger partial charge in [-0.3, -0.25) is 4.79 Å². The van der Waals surface area contributed by atoms with Crippen molar-refractivity contribution in [1.29, 1.82) is 0 Å². The summed E-state index contributed by atoms with van der Waals surface area (Å²) >= 11 is 1.59. The van der Waals surface area contributed by atoms with E-state index < -0.39 is 12.1 Å². The molecular weight excluding hydrogens is 447 g/mol. The zero-order valence-electron chi connectivity index (χ0n) is 17.6. The normalized spacial score (nSPS) is 22.2. The maximum atomic E-state index is 12.8. The molecule has 3 atom stereocenters. The maximum absolute atomic E-state index is 12.8. The van der Waals surface area contributed by atoms with E-state index in [4.69, 9.17) is 14.6 Å². The predicted molar refractivity (Wildman–Crippen MR) is 113 cm³/mol. The molecule has 0 aliphatic carbocycles. The summed E-state index contributed by atoms with van der Waals surface area (Å²) in [6.45, 7) is 7.21. The molecule has 0 radical (unpaired) electrons. The molecule has 0 saturated carbocycles. The number of alkyl halides is 3. The number of carbonyl (C=O) groups excluding carboxylic acids is 1. The fraction of sp³-hybridized carbons (Fsp3) is 0.476. The van der Waals surface area contributed by atoms with Crippen LogP contribution in [0.25, 0.3) is 0 Å². The molecule has 0 spiro atoms. The van der Waals surface area contributed by atoms with Crippen LogP contribution in [0.4, 0.5) is 19.0 Å². The van der Waals surface area contributed by atoms with Crippen LogP contribution < -0.4 is 5.32 Å². The van der Waals surface area contributed by atoms with E-state index in [0.29, 0.717) is 18.4 Å². The molecule has 2 fully saturated rings. The number of thiophene rings is 1. The Hall–Kier alpha value is -2.66. The first-order valence-electron chi connectivity index (χ1n) is 9.99. The number of anilines is 1. The van der Waals surface area contributed by atoms with E-state index in [1.807, 2.05) is 29.2 Å². The number of hydrogen-bond acceptors (Lipinski definition) is 6. The Morgan fingerprint density at radius 1 is 1.31 bits per heavy atom. The molecule has 2 aliphatic rings. The van der Waals surface area contributed by atoms with Gasteiger partial charge >= 0.3 is 12.1 Å². The van der Waals surface area contributed by atoms with Gasteiger partial charge in [0.25, 0.3) is 5.91 Å². The summed E-state index contributed by atoms with van der Waals surface area (Å²) < 4.78 is 37.7. The van der Waals surface area contributed by atoms with Crippen molar-refractivity contribution in [3.63, 3.8) is 0 Å². The number of rotatable bonds is 4. The zero-order chi connectivity index (χ0) is 23.5. The molecule has 2 aliphatic heterocycles. The lowest BCUT2D eigenvalue weighted by atomic mass is 9.93. The number of ether oxygens (including phenoxy) is 1. The van der Waals surface area contributed by atoms with Crippen LogP contribution in [0.3, 0.4) is 0 Å². The van der Waals surface area contributed by atoms with Crippen LogP contribution in [-0.4, -0.2) is 65.4 Å². The van der Waals surface area contributed by atoms with Crippen LogP contribution in [0.5, 0.6) is 0 Å². The second kappa shape index (κ2) is 9.86. The van der Waals surface area contributed by atoms with Crippen LogP contribution in [0.2, 0.25) is 0 Å². The number of nitrogens with one attached hydrogen (secondary N) is 1. The van der Waals surface area contributed by atoms with E-state index in [0.717, 1.165) is 30.4 Å². The SMILES string of the molecule is Cc1cc(C(=O)N2C[C@@H]3[C@@H](CNc4ccccn4)CO[C@@H]3C2)sc1C.O=C(O)C(F)(F)F. The minimum Gasteiger partial charge on any atom is -0.475 e. The average Bonchev–Trinajstić information content (AvgIpc) is 3.41. The number of pyridine rings is 1. The standard InChI is InChI=1S/C19H23N3O2S.C2HF3O2/c1-12-7-17(25-13(12)2)19(23)22-9-15-14(11-24-16(15)10-22)8-21-18-5-3-4-6-20-18;3-2(4,5)1(6)7/h3-7,14-16H,8-11H2,1-2H3,(H,20,21);(H,6,7)/t14-,15+,16+;/m0./s1. The van der Waals surface area contributed by atoms with Crippen molar-refractivity contribution in [3.05, 3.63) is 45.8 Å². The number of carbonyl (C=O) groups is 2. The highest BCUT2D eigenvalue weighted by molar-refractivity contribution is 7.14. The van der Waals surface area contributed by atoms with Gasteiger partial charge in [-0.2, -0.15) is 13.2 Å². The monoisotopic (exact) mass is 471 g/mol. The number of fused-ring (bicyclic) bond motifs is 1. The smallest absolute Gasteiger partial charge is 0.475 e. The number of likely N-dealkylation sites (tertiary alicyclic amines) is 1. The maximum Gasteiger partial charge on any atom is 0.490 e. The summed E-state index contributed by atoms with van der Waals surface area (Å²) in [6.07, 6.45) is -3.13. The summed E-state index contributed by atoms with van der Waals surface area (Å²) in [7, 11) is 0. The van der Waals surface area contributed by atoms with E-state index in [-0.39, 0.29) is 12.0 Å². The van der Waals surface area contributed by atoms with Crippen molar-refractivity contribution in [2.45, 2.75) is 26.1 Å². The van der Waals surface area contributed by atoms with E-state index in [9.17, 15) is 18.0 Å². The summed E-state index contributed by atoms with van der Waals surface area (Å²) in [5.74, 6) is -0.900. The van der Waals surface area contributed by atoms with Crippen LogP contribution in [0, 0.1) is 25.7 Å². The lowest BCUT2D eigenvalue weighted by Crippen LogP contribution is -2.31. The molecule has 0 unspecified atom stereocenters. The van der Waals surface area contributed by atoms with Gasteiger partial charge in [-0.25, -0.2) is 9.78 Å². The number of aliphatic carboxylic acids is 1. The Balaban J connectivity index is 0.000000360. The van der Waals surface area contributed by atoms with Crippen molar-refractivity contribution in [2.24, 2.45) is 11.8 Å². The third-order valence-electron chi connectivity index (χ3n) is 5.56. The third kappa shape index (κ3) is 5.77. The van der Waals surface area contributed by atoms with Gasteiger partial charge in [0.1, 0.15) is 5.82 Å². The van der Waals surface area contributed by atoms with Gasteiger partial charge in [0.15, 0.2) is 0 Å². The van der Waals surface area contributed by atoms with E-state index >= 15 is 0 Å². The number of aromatic nitrogens is 1. The van der Waals surface area contributed by atoms with Crippen molar-refractivity contribution in [3.8, 4) is 0 Å². The lowest BCUT2D eigenvalue weighted by Gasteiger charge is -2.20. The van der Waals surface area contributed by atoms with Gasteiger partial charge in [0.2, 0.25) is 0 Å². The molecule has 4 rings (SSSR count). The Bertz CT molecular complexity index is 932. The molecule has 1 amide bonds. The van der Waals surface area contributed by atoms with E-state index in [1.54, 1.807) is 17.5 Å². The van der Waals surface area contributed by atoms with Gasteiger partial charge in [-0.05, 0) is 37.6 Å². The van der Waals surface area contributed by atoms with E-state index in [2.05, 4.69) is 24.1 Å². The summed E-state index contributed by atoms with van der Waals surface area (Å²) in [6, 6.07) is 7.87. The summed E-state index contributed by atoms with van der Waals surface area (Å²) in [4.78, 5) is 30.0. The molecule has 7 nitrogen and oxygen atoms in total. The molecule has 32 heavy (non-hydrogen) atoms. The largest absolute Gasteiger partial charge is 0.490 e. The minimum absolute atomic E-state index is 0.149. The molecular formula is C21H24F3N3O4S. The highest BCUT2D eigenvalue weighted by Gasteiger charge is 2.45. The number of hydrogen-bond donors (Lipinski definition) is 2. The minimum atomic E-state index is -5.08. The number of halogens is 3. The Morgan fingerprint density at radius 3 is 2.59 bits per heavy atom. The molecule has 4 heterocycles. The number of amides is 1. The van der Waals surface area contributed by atoms with Crippen LogP contribution in [0.15, 0.2) is 30.5 Å². The first kappa shape index (κ1) is 24.0. The van der Waals surface area contributed by atoms with Crippen molar-refractivity contribution in [1.82, 2.24) is 9.88 Å². The first-order chi connectivity index (χ1) is 15.1. The number of nitrogens with zero attached hydrogens (tertiary/aromatic N) is 2. The fourth-order valence-corrected chi connectivity index (χ4v) is 4.71. The predicted octanol–water partition coefficient (Wildman–Crippen LogP) is 3.59. The van der Waals surface area contributed by atoms with Crippen LogP contribution >= 0.6 is 11.3 Å². The quantitative estimate of drug-likeness (QED) is 0.708. The fourth-order valence-electron chi connectivity index (χ4n) is 3.71. The van der Waals surface area contributed by atoms with Crippen molar-refractivity contribution < 1.29 is 32.6 Å². The van der Waals surface area contributed by atoms with E-state index in [1.165, 1.54) is 10.4 Å². The molecule has 11 heteroatoms. The molecule has 174 valence electrons. The molecule has 2 saturated heterocycles. The molecule has 0 bridgehead atoms. The highest BCUT2D eigenvalue weighted by Crippen LogP contribution is 2.35.